The number of nitrogens with zero attached hydrogens (tertiary/aromatic N) is 2. The normalized spacial score (nSPS) is 25.7. The lowest BCUT2D eigenvalue weighted by atomic mass is 10.4. The van der Waals surface area contributed by atoms with Crippen LogP contribution in [0.2, 0.25) is 0 Å². The van der Waals surface area contributed by atoms with Gasteiger partial charge in [-0.1, -0.05) is 0 Å². The summed E-state index contributed by atoms with van der Waals surface area (Å²) in [5.74, 6) is 0.964. The van der Waals surface area contributed by atoms with Crippen LogP contribution in [0.5, 0.6) is 0 Å². The fourth-order valence-corrected chi connectivity index (χ4v) is 5.01. The van der Waals surface area contributed by atoms with Crippen molar-refractivity contribution in [3.63, 3.8) is 0 Å². The Labute approximate surface area is 138 Å². The molecular formula is C14H20N2O4S2. The molecule has 0 N–H and O–H groups in total. The Balaban J connectivity index is 1.72. The van der Waals surface area contributed by atoms with Gasteiger partial charge in [-0.3, -0.25) is 29.0 Å². The second-order valence-electron chi connectivity index (χ2n) is 5.08. The lowest BCUT2D eigenvalue weighted by Crippen LogP contribution is -2.31. The summed E-state index contributed by atoms with van der Waals surface area (Å²) < 4.78 is 0. The third kappa shape index (κ3) is 3.48. The Bertz CT molecular complexity index is 453. The van der Waals surface area contributed by atoms with Crippen molar-refractivity contribution in [2.75, 3.05) is 24.6 Å². The van der Waals surface area contributed by atoms with Gasteiger partial charge < -0.3 is 0 Å². The summed E-state index contributed by atoms with van der Waals surface area (Å²) in [5, 5.41) is -0.581. The van der Waals surface area contributed by atoms with Crippen molar-refractivity contribution in [1.29, 1.82) is 0 Å². The summed E-state index contributed by atoms with van der Waals surface area (Å²) in [4.78, 5) is 49.7. The molecule has 2 aliphatic rings. The highest BCUT2D eigenvalue weighted by Gasteiger charge is 2.39. The van der Waals surface area contributed by atoms with Crippen LogP contribution in [0.4, 0.5) is 0 Å². The maximum atomic E-state index is 11.9. The molecule has 2 unspecified atom stereocenters. The highest BCUT2D eigenvalue weighted by Crippen LogP contribution is 2.29. The van der Waals surface area contributed by atoms with E-state index in [1.54, 1.807) is 13.8 Å². The van der Waals surface area contributed by atoms with Gasteiger partial charge in [0.15, 0.2) is 0 Å². The molecule has 122 valence electrons. The number of carbonyl (C=O) groups is 4. The predicted molar refractivity (Wildman–Crippen MR) is 86.5 cm³/mol. The zero-order valence-corrected chi connectivity index (χ0v) is 14.4. The first kappa shape index (κ1) is 17.3. The SMILES string of the molecule is CCN1C(=O)CC(SCCSC2CC(=O)N(CC)C2=O)C1=O. The van der Waals surface area contributed by atoms with E-state index in [0.717, 1.165) is 0 Å². The number of rotatable bonds is 7. The molecule has 0 bridgehead atoms. The number of imide groups is 2. The number of likely N-dealkylation sites (tertiary alicyclic amines) is 2. The summed E-state index contributed by atoms with van der Waals surface area (Å²) in [6.07, 6.45) is 0.541. The van der Waals surface area contributed by atoms with Crippen LogP contribution in [-0.2, 0) is 19.2 Å². The Kier molecular flexibility index (Phi) is 5.91. The van der Waals surface area contributed by atoms with E-state index in [2.05, 4.69) is 0 Å². The monoisotopic (exact) mass is 344 g/mol. The molecule has 0 aliphatic carbocycles. The molecule has 0 radical (unpaired) electrons. The van der Waals surface area contributed by atoms with Crippen LogP contribution in [0, 0.1) is 0 Å². The smallest absolute Gasteiger partial charge is 0.242 e. The topological polar surface area (TPSA) is 74.8 Å². The van der Waals surface area contributed by atoms with Gasteiger partial charge in [0.1, 0.15) is 0 Å². The molecule has 6 nitrogen and oxygen atoms in total. The van der Waals surface area contributed by atoms with Gasteiger partial charge in [0.2, 0.25) is 23.6 Å². The van der Waals surface area contributed by atoms with Gasteiger partial charge in [0.25, 0.3) is 0 Å². The molecule has 2 atom stereocenters. The highest BCUT2D eigenvalue weighted by atomic mass is 32.2. The van der Waals surface area contributed by atoms with Crippen LogP contribution in [0.1, 0.15) is 26.7 Å². The predicted octanol–water partition coefficient (Wildman–Crippen LogP) is 0.748. The summed E-state index contributed by atoms with van der Waals surface area (Å²) in [6, 6.07) is 0. The summed E-state index contributed by atoms with van der Waals surface area (Å²) in [5.41, 5.74) is 0. The van der Waals surface area contributed by atoms with E-state index in [4.69, 9.17) is 0 Å². The number of hydrogen-bond acceptors (Lipinski definition) is 6. The number of thioether (sulfide) groups is 2. The summed E-state index contributed by atoms with van der Waals surface area (Å²) in [6.45, 7) is 4.44. The minimum Gasteiger partial charge on any atom is -0.282 e. The van der Waals surface area contributed by atoms with E-state index < -0.39 is 0 Å². The second-order valence-corrected chi connectivity index (χ2v) is 7.70. The average Bonchev–Trinajstić information content (AvgIpc) is 2.91. The zero-order chi connectivity index (χ0) is 16.3. The summed E-state index contributed by atoms with van der Waals surface area (Å²) >= 11 is 2.93. The number of carbonyl (C=O) groups excluding carboxylic acids is 4. The third-order valence-electron chi connectivity index (χ3n) is 3.76. The molecule has 0 aromatic rings. The Morgan fingerprint density at radius 3 is 1.45 bits per heavy atom. The lowest BCUT2D eigenvalue weighted by molar-refractivity contribution is -0.139. The molecule has 0 saturated carbocycles. The van der Waals surface area contributed by atoms with Crippen molar-refractivity contribution in [2.45, 2.75) is 37.2 Å². The first-order valence-electron chi connectivity index (χ1n) is 7.41. The third-order valence-corrected chi connectivity index (χ3v) is 6.44. The molecule has 0 aromatic heterocycles. The molecule has 0 aromatic carbocycles. The fourth-order valence-electron chi connectivity index (χ4n) is 2.61. The lowest BCUT2D eigenvalue weighted by Gasteiger charge is -2.13. The highest BCUT2D eigenvalue weighted by molar-refractivity contribution is 8.04. The molecule has 2 fully saturated rings. The zero-order valence-electron chi connectivity index (χ0n) is 12.7. The Morgan fingerprint density at radius 2 is 1.18 bits per heavy atom. The van der Waals surface area contributed by atoms with E-state index in [-0.39, 0.29) is 47.0 Å². The van der Waals surface area contributed by atoms with Crippen molar-refractivity contribution < 1.29 is 19.2 Å². The quantitative estimate of drug-likeness (QED) is 0.501. The van der Waals surface area contributed by atoms with Gasteiger partial charge in [-0.15, -0.1) is 23.5 Å². The molecule has 0 spiro atoms. The van der Waals surface area contributed by atoms with Crippen LogP contribution in [0.15, 0.2) is 0 Å². The Hall–Kier alpha value is -1.02. The van der Waals surface area contributed by atoms with E-state index in [1.165, 1.54) is 33.3 Å². The molecule has 2 rings (SSSR count). The van der Waals surface area contributed by atoms with Crippen molar-refractivity contribution in [1.82, 2.24) is 9.80 Å². The molecule has 4 amide bonds. The maximum Gasteiger partial charge on any atom is 0.242 e. The second kappa shape index (κ2) is 7.50. The minimum absolute atomic E-state index is 0.104. The van der Waals surface area contributed by atoms with Crippen molar-refractivity contribution in [3.05, 3.63) is 0 Å². The number of hydrogen-bond donors (Lipinski definition) is 0. The van der Waals surface area contributed by atoms with Crippen LogP contribution >= 0.6 is 23.5 Å². The first-order chi connectivity index (χ1) is 10.5. The maximum absolute atomic E-state index is 11.9. The van der Waals surface area contributed by atoms with Gasteiger partial charge in [-0.25, -0.2) is 0 Å². The van der Waals surface area contributed by atoms with Gasteiger partial charge in [0, 0.05) is 37.4 Å². The van der Waals surface area contributed by atoms with Gasteiger partial charge in [-0.2, -0.15) is 0 Å². The van der Waals surface area contributed by atoms with Gasteiger partial charge >= 0.3 is 0 Å². The number of amides is 4. The molecule has 2 heterocycles. The minimum atomic E-state index is -0.291. The van der Waals surface area contributed by atoms with E-state index >= 15 is 0 Å². The summed E-state index contributed by atoms with van der Waals surface area (Å²) in [7, 11) is 0. The van der Waals surface area contributed by atoms with Gasteiger partial charge in [-0.05, 0) is 13.8 Å². The average molecular weight is 344 g/mol. The van der Waals surface area contributed by atoms with Crippen molar-refractivity contribution in [2.24, 2.45) is 0 Å². The van der Waals surface area contributed by atoms with Crippen LogP contribution in [-0.4, -0.2) is 68.5 Å². The molecular weight excluding hydrogens is 324 g/mol. The van der Waals surface area contributed by atoms with Crippen molar-refractivity contribution >= 4 is 47.2 Å². The Morgan fingerprint density at radius 1 is 0.818 bits per heavy atom. The largest absolute Gasteiger partial charge is 0.282 e. The fraction of sp³-hybridized carbons (Fsp3) is 0.714. The van der Waals surface area contributed by atoms with Gasteiger partial charge in [0.05, 0.1) is 10.5 Å². The molecule has 2 aliphatic heterocycles. The molecule has 22 heavy (non-hydrogen) atoms. The van der Waals surface area contributed by atoms with Crippen LogP contribution in [0.25, 0.3) is 0 Å². The van der Waals surface area contributed by atoms with Crippen molar-refractivity contribution in [3.8, 4) is 0 Å². The van der Waals surface area contributed by atoms with Crippen LogP contribution < -0.4 is 0 Å². The van der Waals surface area contributed by atoms with E-state index in [9.17, 15) is 19.2 Å². The molecule has 2 saturated heterocycles. The van der Waals surface area contributed by atoms with E-state index in [0.29, 0.717) is 24.6 Å². The first-order valence-corrected chi connectivity index (χ1v) is 9.50. The van der Waals surface area contributed by atoms with E-state index in [1.807, 2.05) is 0 Å². The molecule has 8 heteroatoms. The van der Waals surface area contributed by atoms with Crippen LogP contribution in [0.3, 0.4) is 0 Å². The standard InChI is InChI=1S/C14H20N2O4S2/c1-3-15-11(17)7-9(13(15)19)21-5-6-22-10-8-12(18)16(4-2)14(10)20/h9-10H,3-8H2,1-2H3.